The van der Waals surface area contributed by atoms with Crippen molar-refractivity contribution in [2.24, 2.45) is 5.73 Å². The van der Waals surface area contributed by atoms with E-state index in [9.17, 15) is 4.39 Å². The zero-order valence-corrected chi connectivity index (χ0v) is 17.2. The van der Waals surface area contributed by atoms with Gasteiger partial charge in [0.15, 0.2) is 5.65 Å². The van der Waals surface area contributed by atoms with Crippen LogP contribution in [0.1, 0.15) is 38.3 Å². The number of nitrogens with two attached hydrogens (primary N) is 1. The van der Waals surface area contributed by atoms with Gasteiger partial charge >= 0.3 is 0 Å². The first kappa shape index (κ1) is 20.7. The molecular formula is C24H27FN4. The summed E-state index contributed by atoms with van der Waals surface area (Å²) in [5, 5.41) is 0. The van der Waals surface area contributed by atoms with Crippen LogP contribution in [0.5, 0.6) is 0 Å². The smallest absolute Gasteiger partial charge is 0.178 e. The van der Waals surface area contributed by atoms with E-state index in [0.29, 0.717) is 11.2 Å². The van der Waals surface area contributed by atoms with Gasteiger partial charge in [0, 0.05) is 29.4 Å². The molecule has 5 heteroatoms. The van der Waals surface area contributed by atoms with Crippen molar-refractivity contribution in [1.29, 1.82) is 0 Å². The van der Waals surface area contributed by atoms with Crippen molar-refractivity contribution < 1.29 is 4.39 Å². The van der Waals surface area contributed by atoms with Gasteiger partial charge in [0.1, 0.15) is 11.6 Å². The topological polar surface area (TPSA) is 67.6 Å². The Morgan fingerprint density at radius 2 is 1.66 bits per heavy atom. The summed E-state index contributed by atoms with van der Waals surface area (Å²) in [6.07, 6.45) is 3.94. The molecule has 3 N–H and O–H groups in total. The van der Waals surface area contributed by atoms with Crippen molar-refractivity contribution in [2.45, 2.75) is 40.2 Å². The normalized spacial score (nSPS) is 10.7. The number of hydrogen-bond donors (Lipinski definition) is 2. The summed E-state index contributed by atoms with van der Waals surface area (Å²) in [7, 11) is 0. The van der Waals surface area contributed by atoms with Gasteiger partial charge in [-0.15, -0.1) is 0 Å². The van der Waals surface area contributed by atoms with E-state index in [2.05, 4.69) is 47.9 Å². The molecule has 0 saturated heterocycles. The molecule has 0 aliphatic carbocycles. The number of benzene rings is 2. The molecule has 0 spiro atoms. The molecule has 0 radical (unpaired) electrons. The molecule has 150 valence electrons. The number of hydrogen-bond acceptors (Lipinski definition) is 3. The molecule has 4 aromatic rings. The van der Waals surface area contributed by atoms with Crippen LogP contribution in [0.15, 0.2) is 54.7 Å². The largest absolute Gasteiger partial charge is 0.336 e. The molecule has 0 bridgehead atoms. The number of halogens is 1. The monoisotopic (exact) mass is 390 g/mol. The summed E-state index contributed by atoms with van der Waals surface area (Å²) in [5.74, 6) is 0.450. The van der Waals surface area contributed by atoms with E-state index in [0.717, 1.165) is 34.5 Å². The SMILES string of the molecule is CCC.CCc1ccc(-c2nc3nccc(-c4ccc(CN)c(F)c4)c3[nH]2)cc1. The molecule has 2 aromatic heterocycles. The van der Waals surface area contributed by atoms with Crippen LogP contribution in [0.2, 0.25) is 0 Å². The van der Waals surface area contributed by atoms with Gasteiger partial charge in [0.2, 0.25) is 0 Å². The van der Waals surface area contributed by atoms with Gasteiger partial charge < -0.3 is 10.7 Å². The first-order valence-corrected chi connectivity index (χ1v) is 10.0. The molecule has 4 nitrogen and oxygen atoms in total. The number of nitrogens with one attached hydrogen (secondary N) is 1. The average molecular weight is 391 g/mol. The van der Waals surface area contributed by atoms with Gasteiger partial charge in [0.05, 0.1) is 5.52 Å². The van der Waals surface area contributed by atoms with E-state index in [1.807, 2.05) is 24.3 Å². The van der Waals surface area contributed by atoms with E-state index < -0.39 is 0 Å². The molecule has 4 rings (SSSR count). The lowest BCUT2D eigenvalue weighted by molar-refractivity contribution is 0.611. The third-order valence-corrected chi connectivity index (χ3v) is 4.61. The highest BCUT2D eigenvalue weighted by atomic mass is 19.1. The molecular weight excluding hydrogens is 363 g/mol. The second-order valence-corrected chi connectivity index (χ2v) is 6.91. The van der Waals surface area contributed by atoms with Crippen molar-refractivity contribution in [2.75, 3.05) is 0 Å². The second-order valence-electron chi connectivity index (χ2n) is 6.91. The Morgan fingerprint density at radius 1 is 0.966 bits per heavy atom. The van der Waals surface area contributed by atoms with Crippen LogP contribution < -0.4 is 5.73 Å². The minimum absolute atomic E-state index is 0.180. The van der Waals surface area contributed by atoms with Crippen LogP contribution >= 0.6 is 0 Å². The van der Waals surface area contributed by atoms with E-state index in [4.69, 9.17) is 5.73 Å². The minimum atomic E-state index is -0.301. The van der Waals surface area contributed by atoms with Crippen molar-refractivity contribution in [3.05, 3.63) is 71.7 Å². The van der Waals surface area contributed by atoms with Crippen molar-refractivity contribution in [3.8, 4) is 22.5 Å². The fourth-order valence-corrected chi connectivity index (χ4v) is 3.07. The Bertz CT molecular complexity index is 1080. The summed E-state index contributed by atoms with van der Waals surface area (Å²) < 4.78 is 14.2. The van der Waals surface area contributed by atoms with Gasteiger partial charge in [-0.05, 0) is 29.7 Å². The fraction of sp³-hybridized carbons (Fsp3) is 0.250. The number of rotatable bonds is 4. The van der Waals surface area contributed by atoms with Gasteiger partial charge in [-0.25, -0.2) is 14.4 Å². The third kappa shape index (κ3) is 4.51. The first-order valence-electron chi connectivity index (χ1n) is 10.0. The predicted octanol–water partition coefficient (Wildman–Crippen LogP) is 5.87. The summed E-state index contributed by atoms with van der Waals surface area (Å²) in [6.45, 7) is 6.56. The maximum atomic E-state index is 14.2. The average Bonchev–Trinajstić information content (AvgIpc) is 3.19. The fourth-order valence-electron chi connectivity index (χ4n) is 3.07. The molecule has 0 aliphatic rings. The Morgan fingerprint density at radius 3 is 2.28 bits per heavy atom. The summed E-state index contributed by atoms with van der Waals surface area (Å²) in [5.41, 5.74) is 11.4. The maximum absolute atomic E-state index is 14.2. The Balaban J connectivity index is 0.000000755. The van der Waals surface area contributed by atoms with Crippen LogP contribution in [-0.4, -0.2) is 15.0 Å². The molecule has 2 heterocycles. The predicted molar refractivity (Wildman–Crippen MR) is 118 cm³/mol. The zero-order valence-electron chi connectivity index (χ0n) is 17.2. The molecule has 29 heavy (non-hydrogen) atoms. The van der Waals surface area contributed by atoms with Crippen LogP contribution in [0.3, 0.4) is 0 Å². The van der Waals surface area contributed by atoms with Crippen LogP contribution in [0.4, 0.5) is 4.39 Å². The summed E-state index contributed by atoms with van der Waals surface area (Å²) in [6, 6.07) is 15.2. The van der Waals surface area contributed by atoms with E-state index in [1.165, 1.54) is 18.1 Å². The highest BCUT2D eigenvalue weighted by Gasteiger charge is 2.12. The molecule has 0 unspecified atom stereocenters. The van der Waals surface area contributed by atoms with Gasteiger partial charge in [0.25, 0.3) is 0 Å². The number of nitrogens with zero attached hydrogens (tertiary/aromatic N) is 2. The number of fused-ring (bicyclic) bond motifs is 1. The number of imidazole rings is 1. The number of aromatic amines is 1. The highest BCUT2D eigenvalue weighted by molar-refractivity contribution is 5.91. The quantitative estimate of drug-likeness (QED) is 0.458. The Hall–Kier alpha value is -3.05. The maximum Gasteiger partial charge on any atom is 0.178 e. The molecule has 0 fully saturated rings. The molecule has 0 aliphatic heterocycles. The third-order valence-electron chi connectivity index (χ3n) is 4.61. The zero-order chi connectivity index (χ0) is 20.8. The first-order chi connectivity index (χ1) is 14.1. The van der Waals surface area contributed by atoms with Crippen molar-refractivity contribution in [3.63, 3.8) is 0 Å². The van der Waals surface area contributed by atoms with Gasteiger partial charge in [-0.2, -0.15) is 0 Å². The number of H-pyrrole nitrogens is 1. The molecule has 0 atom stereocenters. The summed E-state index contributed by atoms with van der Waals surface area (Å²) >= 11 is 0. The minimum Gasteiger partial charge on any atom is -0.336 e. The van der Waals surface area contributed by atoms with E-state index in [-0.39, 0.29) is 12.4 Å². The number of aromatic nitrogens is 3. The second kappa shape index (κ2) is 9.43. The Labute approximate surface area is 171 Å². The van der Waals surface area contributed by atoms with Crippen molar-refractivity contribution in [1.82, 2.24) is 15.0 Å². The summed E-state index contributed by atoms with van der Waals surface area (Å²) in [4.78, 5) is 12.3. The lowest BCUT2D eigenvalue weighted by atomic mass is 10.0. The molecule has 0 saturated carbocycles. The Kier molecular flexibility index (Phi) is 6.73. The highest BCUT2D eigenvalue weighted by Crippen LogP contribution is 2.29. The standard InChI is InChI=1S/C21H19FN4.C3H8/c1-2-13-3-5-14(6-4-13)20-25-19-17(9-10-24-21(19)26-20)15-7-8-16(12-23)18(22)11-15;1-3-2/h3-11H,2,12,23H2,1H3,(H,24,25,26);3H2,1-2H3. The van der Waals surface area contributed by atoms with Gasteiger partial charge in [-0.3, -0.25) is 0 Å². The van der Waals surface area contributed by atoms with E-state index >= 15 is 0 Å². The number of aryl methyl sites for hydroxylation is 1. The molecule has 2 aromatic carbocycles. The van der Waals surface area contributed by atoms with Gasteiger partial charge in [-0.1, -0.05) is 63.6 Å². The van der Waals surface area contributed by atoms with Crippen molar-refractivity contribution >= 4 is 11.2 Å². The lowest BCUT2D eigenvalue weighted by Gasteiger charge is -2.05. The van der Waals surface area contributed by atoms with Crippen LogP contribution in [-0.2, 0) is 13.0 Å². The number of pyridine rings is 1. The van der Waals surface area contributed by atoms with Crippen LogP contribution in [0, 0.1) is 5.82 Å². The molecule has 0 amide bonds. The lowest BCUT2D eigenvalue weighted by Crippen LogP contribution is -1.99. The van der Waals surface area contributed by atoms with E-state index in [1.54, 1.807) is 12.3 Å². The van der Waals surface area contributed by atoms with Crippen LogP contribution in [0.25, 0.3) is 33.7 Å².